The van der Waals surface area contributed by atoms with E-state index in [4.69, 9.17) is 17.3 Å². The summed E-state index contributed by atoms with van der Waals surface area (Å²) in [7, 11) is 0. The summed E-state index contributed by atoms with van der Waals surface area (Å²) in [6.07, 6.45) is 5.98. The molecule has 2 heterocycles. The van der Waals surface area contributed by atoms with Crippen LogP contribution in [0.5, 0.6) is 0 Å². The fraction of sp³-hybridized carbons (Fsp3) is 0.238. The SMILES string of the molecule is N[C@H](CCn1cc(-c2ccc3c(c2)CC(=O)N3)cn1)Cc1ccc(Cl)cc1. The topological polar surface area (TPSA) is 72.9 Å². The van der Waals surface area contributed by atoms with E-state index in [9.17, 15) is 4.79 Å². The lowest BCUT2D eigenvalue weighted by molar-refractivity contribution is -0.115. The molecule has 3 aromatic rings. The molecule has 1 atom stereocenters. The molecule has 27 heavy (non-hydrogen) atoms. The summed E-state index contributed by atoms with van der Waals surface area (Å²) in [6, 6.07) is 13.9. The van der Waals surface area contributed by atoms with Gasteiger partial charge in [0.15, 0.2) is 0 Å². The van der Waals surface area contributed by atoms with Gasteiger partial charge in [-0.05, 0) is 53.8 Å². The maximum atomic E-state index is 11.5. The molecule has 0 radical (unpaired) electrons. The second-order valence-corrected chi connectivity index (χ2v) is 7.40. The summed E-state index contributed by atoms with van der Waals surface area (Å²) in [5.74, 6) is 0.0486. The number of aryl methyl sites for hydroxylation is 1. The first-order valence-corrected chi connectivity index (χ1v) is 9.40. The van der Waals surface area contributed by atoms with Gasteiger partial charge >= 0.3 is 0 Å². The number of carbonyl (C=O) groups excluding carboxylic acids is 1. The van der Waals surface area contributed by atoms with Gasteiger partial charge in [-0.1, -0.05) is 29.8 Å². The van der Waals surface area contributed by atoms with Gasteiger partial charge in [0.05, 0.1) is 12.6 Å². The molecule has 0 aliphatic carbocycles. The number of fused-ring (bicyclic) bond motifs is 1. The van der Waals surface area contributed by atoms with E-state index in [-0.39, 0.29) is 11.9 Å². The minimum atomic E-state index is 0.0486. The van der Waals surface area contributed by atoms with Crippen molar-refractivity contribution in [3.63, 3.8) is 0 Å². The molecule has 2 aromatic carbocycles. The van der Waals surface area contributed by atoms with E-state index in [0.717, 1.165) is 46.8 Å². The number of benzene rings is 2. The molecule has 0 unspecified atom stereocenters. The molecule has 1 amide bonds. The maximum Gasteiger partial charge on any atom is 0.228 e. The number of halogens is 1. The Balaban J connectivity index is 1.36. The molecule has 138 valence electrons. The van der Waals surface area contributed by atoms with Crippen molar-refractivity contribution in [2.75, 3.05) is 5.32 Å². The van der Waals surface area contributed by atoms with Crippen LogP contribution < -0.4 is 11.1 Å². The average molecular weight is 381 g/mol. The Morgan fingerprint density at radius 1 is 1.19 bits per heavy atom. The van der Waals surface area contributed by atoms with Gasteiger partial charge in [0.1, 0.15) is 0 Å². The standard InChI is InChI=1S/C21H21ClN4O/c22-18-4-1-14(2-5-18)9-19(23)7-8-26-13-17(12-24-26)15-3-6-20-16(10-15)11-21(27)25-20/h1-6,10,12-13,19H,7-9,11,23H2,(H,25,27)/t19-/m1/s1. The molecule has 3 N–H and O–H groups in total. The van der Waals surface area contributed by atoms with Crippen molar-refractivity contribution in [3.05, 3.63) is 71.0 Å². The molecule has 1 aliphatic rings. The van der Waals surface area contributed by atoms with Crippen LogP contribution >= 0.6 is 11.6 Å². The first-order valence-electron chi connectivity index (χ1n) is 9.02. The first kappa shape index (κ1) is 17.8. The summed E-state index contributed by atoms with van der Waals surface area (Å²) < 4.78 is 1.92. The van der Waals surface area contributed by atoms with E-state index < -0.39 is 0 Å². The van der Waals surface area contributed by atoms with Crippen molar-refractivity contribution in [1.82, 2.24) is 9.78 Å². The van der Waals surface area contributed by atoms with E-state index in [1.54, 1.807) is 0 Å². The van der Waals surface area contributed by atoms with E-state index in [2.05, 4.69) is 16.5 Å². The molecular formula is C21H21ClN4O. The molecule has 0 saturated carbocycles. The van der Waals surface area contributed by atoms with Gasteiger partial charge in [-0.15, -0.1) is 0 Å². The number of rotatable bonds is 6. The third kappa shape index (κ3) is 4.21. The van der Waals surface area contributed by atoms with Crippen molar-refractivity contribution >= 4 is 23.2 Å². The number of nitrogens with two attached hydrogens (primary N) is 1. The van der Waals surface area contributed by atoms with E-state index in [1.165, 1.54) is 5.56 Å². The number of amides is 1. The van der Waals surface area contributed by atoms with Crippen molar-refractivity contribution in [3.8, 4) is 11.1 Å². The predicted octanol–water partition coefficient (Wildman–Crippen LogP) is 3.66. The zero-order valence-electron chi connectivity index (χ0n) is 14.9. The van der Waals surface area contributed by atoms with E-state index >= 15 is 0 Å². The Kier molecular flexibility index (Phi) is 4.97. The summed E-state index contributed by atoms with van der Waals surface area (Å²) in [5, 5.41) is 8.05. The first-order chi connectivity index (χ1) is 13.1. The third-order valence-corrected chi connectivity index (χ3v) is 5.09. The summed E-state index contributed by atoms with van der Waals surface area (Å²) in [4.78, 5) is 11.5. The highest BCUT2D eigenvalue weighted by Crippen LogP contribution is 2.28. The van der Waals surface area contributed by atoms with Crippen LogP contribution in [0.4, 0.5) is 5.69 Å². The van der Waals surface area contributed by atoms with Crippen LogP contribution in [0, 0.1) is 0 Å². The molecule has 5 nitrogen and oxygen atoms in total. The second kappa shape index (κ2) is 7.55. The lowest BCUT2D eigenvalue weighted by Gasteiger charge is -2.11. The van der Waals surface area contributed by atoms with Gasteiger partial charge in [-0.25, -0.2) is 0 Å². The molecule has 0 fully saturated rings. The van der Waals surface area contributed by atoms with Crippen LogP contribution in [0.25, 0.3) is 11.1 Å². The van der Waals surface area contributed by atoms with Crippen LogP contribution in [0.2, 0.25) is 5.02 Å². The summed E-state index contributed by atoms with van der Waals surface area (Å²) in [5.41, 5.74) is 11.5. The normalized spacial score (nSPS) is 14.1. The molecule has 0 bridgehead atoms. The van der Waals surface area contributed by atoms with Crippen LogP contribution in [0.1, 0.15) is 17.5 Å². The second-order valence-electron chi connectivity index (χ2n) is 6.97. The molecule has 4 rings (SSSR count). The Morgan fingerprint density at radius 3 is 2.81 bits per heavy atom. The Hall–Kier alpha value is -2.63. The number of aromatic nitrogens is 2. The number of hydrogen-bond acceptors (Lipinski definition) is 3. The van der Waals surface area contributed by atoms with Crippen LogP contribution in [-0.4, -0.2) is 21.7 Å². The number of anilines is 1. The van der Waals surface area contributed by atoms with Gasteiger partial charge in [0.2, 0.25) is 5.91 Å². The molecular weight excluding hydrogens is 360 g/mol. The van der Waals surface area contributed by atoms with Gasteiger partial charge in [0, 0.05) is 35.1 Å². The minimum absolute atomic E-state index is 0.0486. The predicted molar refractivity (Wildman–Crippen MR) is 108 cm³/mol. The van der Waals surface area contributed by atoms with Crippen LogP contribution in [0.3, 0.4) is 0 Å². The van der Waals surface area contributed by atoms with Crippen LogP contribution in [0.15, 0.2) is 54.9 Å². The fourth-order valence-corrected chi connectivity index (χ4v) is 3.49. The largest absolute Gasteiger partial charge is 0.327 e. The fourth-order valence-electron chi connectivity index (χ4n) is 3.37. The highest BCUT2D eigenvalue weighted by atomic mass is 35.5. The number of nitrogens with one attached hydrogen (secondary N) is 1. The molecule has 1 aliphatic heterocycles. The molecule has 0 saturated heterocycles. The number of carbonyl (C=O) groups is 1. The Morgan fingerprint density at radius 2 is 2.00 bits per heavy atom. The molecule has 1 aromatic heterocycles. The molecule has 0 spiro atoms. The Bertz CT molecular complexity index is 965. The van der Waals surface area contributed by atoms with Crippen molar-refractivity contribution in [2.45, 2.75) is 31.8 Å². The van der Waals surface area contributed by atoms with Crippen LogP contribution in [-0.2, 0) is 24.2 Å². The quantitative estimate of drug-likeness (QED) is 0.685. The third-order valence-electron chi connectivity index (χ3n) is 4.84. The van der Waals surface area contributed by atoms with E-state index in [1.807, 2.05) is 53.5 Å². The van der Waals surface area contributed by atoms with Crippen molar-refractivity contribution in [1.29, 1.82) is 0 Å². The van der Waals surface area contributed by atoms with Crippen molar-refractivity contribution < 1.29 is 4.79 Å². The Labute approximate surface area is 163 Å². The van der Waals surface area contributed by atoms with E-state index in [0.29, 0.717) is 6.42 Å². The lowest BCUT2D eigenvalue weighted by atomic mass is 10.0. The zero-order chi connectivity index (χ0) is 18.8. The number of hydrogen-bond donors (Lipinski definition) is 2. The lowest BCUT2D eigenvalue weighted by Crippen LogP contribution is -2.24. The minimum Gasteiger partial charge on any atom is -0.327 e. The van der Waals surface area contributed by atoms with Gasteiger partial charge in [-0.3, -0.25) is 9.48 Å². The van der Waals surface area contributed by atoms with Gasteiger partial charge in [0.25, 0.3) is 0 Å². The monoisotopic (exact) mass is 380 g/mol. The van der Waals surface area contributed by atoms with Crippen molar-refractivity contribution in [2.24, 2.45) is 5.73 Å². The molecule has 6 heteroatoms. The summed E-state index contributed by atoms with van der Waals surface area (Å²) >= 11 is 5.92. The zero-order valence-corrected chi connectivity index (χ0v) is 15.6. The highest BCUT2D eigenvalue weighted by molar-refractivity contribution is 6.30. The highest BCUT2D eigenvalue weighted by Gasteiger charge is 2.18. The average Bonchev–Trinajstić information content (AvgIpc) is 3.26. The van der Waals surface area contributed by atoms with Gasteiger partial charge < -0.3 is 11.1 Å². The van der Waals surface area contributed by atoms with Gasteiger partial charge in [-0.2, -0.15) is 5.10 Å². The number of nitrogens with zero attached hydrogens (tertiary/aromatic N) is 2. The maximum absolute atomic E-state index is 11.5. The summed E-state index contributed by atoms with van der Waals surface area (Å²) in [6.45, 7) is 0.764. The smallest absolute Gasteiger partial charge is 0.228 e.